The van der Waals surface area contributed by atoms with Crippen LogP contribution in [0.5, 0.6) is 0 Å². The van der Waals surface area contributed by atoms with Gasteiger partial charge in [0.05, 0.1) is 0 Å². The standard InChI is InChI=1S/C24H29N3O3/c1-5-15-24(17-11-7-6-8-12-17)21(29)27(22(30)26-24)16-20(28)25-19-14-10-9-13-18(19)23(2,3)4/h6-14H,5,15-16H2,1-4H3,(H,25,28)(H,26,30)/t24-/m0/s1. The summed E-state index contributed by atoms with van der Waals surface area (Å²) in [7, 11) is 0. The number of benzene rings is 2. The second-order valence-corrected chi connectivity index (χ2v) is 8.69. The SMILES string of the molecule is CCC[C@@]1(c2ccccc2)NC(=O)N(CC(=O)Nc2ccccc2C(C)(C)C)C1=O. The molecule has 0 bridgehead atoms. The zero-order valence-electron chi connectivity index (χ0n) is 18.0. The Morgan fingerprint density at radius 1 is 1.03 bits per heavy atom. The highest BCUT2D eigenvalue weighted by atomic mass is 16.2. The molecule has 158 valence electrons. The van der Waals surface area contributed by atoms with Crippen LogP contribution in [0.1, 0.15) is 51.7 Å². The Labute approximate surface area is 177 Å². The van der Waals surface area contributed by atoms with Crippen LogP contribution in [-0.4, -0.2) is 29.3 Å². The predicted molar refractivity (Wildman–Crippen MR) is 117 cm³/mol. The predicted octanol–water partition coefficient (Wildman–Crippen LogP) is 4.17. The van der Waals surface area contributed by atoms with E-state index in [1.165, 1.54) is 0 Å². The number of nitrogens with zero attached hydrogens (tertiary/aromatic N) is 1. The number of amides is 4. The van der Waals surface area contributed by atoms with Crippen LogP contribution in [0, 0.1) is 0 Å². The molecule has 3 rings (SSSR count). The molecular weight excluding hydrogens is 378 g/mol. The van der Waals surface area contributed by atoms with Crippen molar-refractivity contribution in [3.8, 4) is 0 Å². The van der Waals surface area contributed by atoms with Gasteiger partial charge in [0.1, 0.15) is 12.1 Å². The van der Waals surface area contributed by atoms with Crippen LogP contribution in [0.3, 0.4) is 0 Å². The molecule has 1 saturated heterocycles. The van der Waals surface area contributed by atoms with Gasteiger partial charge in [-0.05, 0) is 29.0 Å². The summed E-state index contributed by atoms with van der Waals surface area (Å²) in [5, 5.41) is 5.72. The molecule has 0 spiro atoms. The van der Waals surface area contributed by atoms with Crippen LogP contribution in [-0.2, 0) is 20.5 Å². The van der Waals surface area contributed by atoms with Crippen molar-refractivity contribution >= 4 is 23.5 Å². The van der Waals surface area contributed by atoms with E-state index < -0.39 is 17.5 Å². The fraction of sp³-hybridized carbons (Fsp3) is 0.375. The normalized spacial score (nSPS) is 19.0. The third-order valence-corrected chi connectivity index (χ3v) is 5.38. The molecule has 2 aromatic rings. The number of carbonyl (C=O) groups excluding carboxylic acids is 3. The largest absolute Gasteiger partial charge is 0.325 e. The lowest BCUT2D eigenvalue weighted by molar-refractivity contribution is -0.134. The third kappa shape index (κ3) is 4.08. The van der Waals surface area contributed by atoms with Crippen LogP contribution in [0.2, 0.25) is 0 Å². The average molecular weight is 408 g/mol. The zero-order valence-corrected chi connectivity index (χ0v) is 18.0. The van der Waals surface area contributed by atoms with E-state index >= 15 is 0 Å². The van der Waals surface area contributed by atoms with Gasteiger partial charge < -0.3 is 10.6 Å². The summed E-state index contributed by atoms with van der Waals surface area (Å²) in [5.41, 5.74) is 1.11. The molecule has 2 N–H and O–H groups in total. The number of carbonyl (C=O) groups is 3. The summed E-state index contributed by atoms with van der Waals surface area (Å²) in [5.74, 6) is -0.796. The van der Waals surface area contributed by atoms with Gasteiger partial charge in [0.15, 0.2) is 0 Å². The van der Waals surface area contributed by atoms with Crippen molar-refractivity contribution in [2.45, 2.75) is 51.5 Å². The molecule has 1 atom stereocenters. The molecule has 4 amide bonds. The van der Waals surface area contributed by atoms with E-state index in [0.29, 0.717) is 18.5 Å². The maximum atomic E-state index is 13.3. The highest BCUT2D eigenvalue weighted by Crippen LogP contribution is 2.34. The first-order valence-electron chi connectivity index (χ1n) is 10.3. The first-order chi connectivity index (χ1) is 14.2. The number of rotatable bonds is 6. The number of nitrogens with one attached hydrogen (secondary N) is 2. The molecule has 1 aliphatic rings. The van der Waals surface area contributed by atoms with Gasteiger partial charge in [-0.3, -0.25) is 14.5 Å². The van der Waals surface area contributed by atoms with Crippen molar-refractivity contribution in [1.82, 2.24) is 10.2 Å². The minimum Gasteiger partial charge on any atom is -0.324 e. The number of para-hydroxylation sites is 1. The number of urea groups is 1. The maximum absolute atomic E-state index is 13.3. The Balaban J connectivity index is 1.82. The smallest absolute Gasteiger partial charge is 0.324 e. The van der Waals surface area contributed by atoms with Gasteiger partial charge in [0.25, 0.3) is 5.91 Å². The van der Waals surface area contributed by atoms with Crippen LogP contribution < -0.4 is 10.6 Å². The van der Waals surface area contributed by atoms with Crippen LogP contribution in [0.15, 0.2) is 54.6 Å². The average Bonchev–Trinajstić information content (AvgIpc) is 2.93. The summed E-state index contributed by atoms with van der Waals surface area (Å²) in [6.45, 7) is 7.82. The van der Waals surface area contributed by atoms with Crippen LogP contribution in [0.4, 0.5) is 10.5 Å². The molecule has 2 aromatic carbocycles. The van der Waals surface area contributed by atoms with Crippen molar-refractivity contribution in [3.63, 3.8) is 0 Å². The summed E-state index contributed by atoms with van der Waals surface area (Å²) in [4.78, 5) is 39.8. The Bertz CT molecular complexity index is 950. The molecule has 0 saturated carbocycles. The number of hydrogen-bond acceptors (Lipinski definition) is 3. The molecule has 1 fully saturated rings. The van der Waals surface area contributed by atoms with Gasteiger partial charge in [-0.2, -0.15) is 0 Å². The second-order valence-electron chi connectivity index (χ2n) is 8.69. The maximum Gasteiger partial charge on any atom is 0.325 e. The van der Waals surface area contributed by atoms with E-state index in [4.69, 9.17) is 0 Å². The Morgan fingerprint density at radius 2 is 1.67 bits per heavy atom. The highest BCUT2D eigenvalue weighted by molar-refractivity contribution is 6.10. The van der Waals surface area contributed by atoms with Crippen molar-refractivity contribution in [2.24, 2.45) is 0 Å². The van der Waals surface area contributed by atoms with Gasteiger partial charge in [0, 0.05) is 5.69 Å². The second kappa shape index (κ2) is 8.30. The molecule has 1 heterocycles. The molecule has 0 unspecified atom stereocenters. The Morgan fingerprint density at radius 3 is 2.30 bits per heavy atom. The fourth-order valence-electron chi connectivity index (χ4n) is 3.96. The zero-order chi connectivity index (χ0) is 21.9. The van der Waals surface area contributed by atoms with E-state index in [-0.39, 0.29) is 17.9 Å². The Kier molecular flexibility index (Phi) is 5.97. The van der Waals surface area contributed by atoms with Crippen molar-refractivity contribution in [1.29, 1.82) is 0 Å². The molecule has 30 heavy (non-hydrogen) atoms. The van der Waals surface area contributed by atoms with E-state index in [2.05, 4.69) is 31.4 Å². The topological polar surface area (TPSA) is 78.5 Å². The monoisotopic (exact) mass is 407 g/mol. The summed E-state index contributed by atoms with van der Waals surface area (Å²) in [6.07, 6.45) is 1.17. The van der Waals surface area contributed by atoms with E-state index in [1.807, 2.05) is 61.5 Å². The quantitative estimate of drug-likeness (QED) is 0.706. The van der Waals surface area contributed by atoms with Crippen molar-refractivity contribution in [3.05, 3.63) is 65.7 Å². The number of anilines is 1. The molecule has 0 aliphatic carbocycles. The fourth-order valence-corrected chi connectivity index (χ4v) is 3.96. The van der Waals surface area contributed by atoms with E-state index in [1.54, 1.807) is 0 Å². The van der Waals surface area contributed by atoms with Crippen LogP contribution in [0.25, 0.3) is 0 Å². The molecule has 0 aromatic heterocycles. The van der Waals surface area contributed by atoms with Gasteiger partial charge in [-0.1, -0.05) is 82.6 Å². The molecule has 6 heteroatoms. The molecule has 1 aliphatic heterocycles. The highest BCUT2D eigenvalue weighted by Gasteiger charge is 2.52. The minimum atomic E-state index is -1.13. The third-order valence-electron chi connectivity index (χ3n) is 5.38. The van der Waals surface area contributed by atoms with E-state index in [9.17, 15) is 14.4 Å². The summed E-state index contributed by atoms with van der Waals surface area (Å²) in [6, 6.07) is 16.2. The molecular formula is C24H29N3O3. The summed E-state index contributed by atoms with van der Waals surface area (Å²) < 4.78 is 0. The van der Waals surface area contributed by atoms with Crippen molar-refractivity contribution in [2.75, 3.05) is 11.9 Å². The number of imide groups is 1. The lowest BCUT2D eigenvalue weighted by Crippen LogP contribution is -2.44. The molecule has 0 radical (unpaired) electrons. The van der Waals surface area contributed by atoms with Crippen LogP contribution >= 0.6 is 0 Å². The van der Waals surface area contributed by atoms with Gasteiger partial charge in [0.2, 0.25) is 5.91 Å². The first kappa shape index (κ1) is 21.6. The van der Waals surface area contributed by atoms with Gasteiger partial charge in [-0.25, -0.2) is 4.79 Å². The van der Waals surface area contributed by atoms with Gasteiger partial charge in [-0.15, -0.1) is 0 Å². The lowest BCUT2D eigenvalue weighted by atomic mass is 9.85. The van der Waals surface area contributed by atoms with Gasteiger partial charge >= 0.3 is 6.03 Å². The number of hydrogen-bond donors (Lipinski definition) is 2. The van der Waals surface area contributed by atoms with E-state index in [0.717, 1.165) is 16.0 Å². The first-order valence-corrected chi connectivity index (χ1v) is 10.3. The minimum absolute atomic E-state index is 0.158. The Hall–Kier alpha value is -3.15. The lowest BCUT2D eigenvalue weighted by Gasteiger charge is -2.27. The summed E-state index contributed by atoms with van der Waals surface area (Å²) >= 11 is 0. The molecule has 6 nitrogen and oxygen atoms in total. The van der Waals surface area contributed by atoms with Crippen molar-refractivity contribution < 1.29 is 14.4 Å².